The van der Waals surface area contributed by atoms with Gasteiger partial charge in [-0.2, -0.15) is 0 Å². The summed E-state index contributed by atoms with van der Waals surface area (Å²) in [5.74, 6) is 0.591. The van der Waals surface area contributed by atoms with Gasteiger partial charge in [0.25, 0.3) is 5.69 Å². The topological polar surface area (TPSA) is 72.4 Å². The summed E-state index contributed by atoms with van der Waals surface area (Å²) in [6.07, 6.45) is 2.18. The van der Waals surface area contributed by atoms with Gasteiger partial charge >= 0.3 is 0 Å². The van der Waals surface area contributed by atoms with Crippen molar-refractivity contribution in [2.75, 3.05) is 18.0 Å². The molecule has 1 aliphatic heterocycles. The van der Waals surface area contributed by atoms with Gasteiger partial charge in [0, 0.05) is 30.9 Å². The maximum atomic E-state index is 10.8. The van der Waals surface area contributed by atoms with Gasteiger partial charge in [0.2, 0.25) is 0 Å². The molecule has 1 aromatic carbocycles. The molecule has 19 heavy (non-hydrogen) atoms. The molecule has 2 rings (SSSR count). The average molecular weight is 375 g/mol. The minimum absolute atomic E-state index is 0.176. The van der Waals surface area contributed by atoms with E-state index in [-0.39, 0.29) is 16.7 Å². The monoisotopic (exact) mass is 375 g/mol. The zero-order valence-electron chi connectivity index (χ0n) is 10.9. The van der Waals surface area contributed by atoms with Crippen LogP contribution in [0.2, 0.25) is 0 Å². The first-order valence-corrected chi connectivity index (χ1v) is 7.51. The van der Waals surface area contributed by atoms with Crippen molar-refractivity contribution >= 4 is 34.0 Å². The molecule has 1 atom stereocenters. The molecule has 1 fully saturated rings. The van der Waals surface area contributed by atoms with E-state index in [1.165, 1.54) is 0 Å². The molecule has 0 spiro atoms. The molecule has 1 saturated heterocycles. The Balaban J connectivity index is 2.08. The highest BCUT2D eigenvalue weighted by molar-refractivity contribution is 14.1. The minimum Gasteiger partial charge on any atom is -0.371 e. The fraction of sp³-hybridized carbons (Fsp3) is 0.538. The van der Waals surface area contributed by atoms with E-state index in [1.807, 2.05) is 34.7 Å². The molecular weight excluding hydrogens is 357 g/mol. The Hall–Kier alpha value is -0.890. The summed E-state index contributed by atoms with van der Waals surface area (Å²) in [7, 11) is 0. The number of hydrogen-bond acceptors (Lipinski definition) is 4. The second-order valence-electron chi connectivity index (χ2n) is 5.08. The Morgan fingerprint density at radius 2 is 2.11 bits per heavy atom. The van der Waals surface area contributed by atoms with Gasteiger partial charge in [-0.1, -0.05) is 0 Å². The third-order valence-electron chi connectivity index (χ3n) is 3.78. The molecule has 1 aliphatic rings. The van der Waals surface area contributed by atoms with Crippen molar-refractivity contribution in [3.8, 4) is 0 Å². The van der Waals surface area contributed by atoms with Gasteiger partial charge in [-0.15, -0.1) is 0 Å². The molecule has 1 heterocycles. The van der Waals surface area contributed by atoms with Gasteiger partial charge < -0.3 is 10.6 Å². The molecule has 6 heteroatoms. The van der Waals surface area contributed by atoms with Gasteiger partial charge in [-0.3, -0.25) is 10.1 Å². The van der Waals surface area contributed by atoms with Crippen LogP contribution in [0.3, 0.4) is 0 Å². The standard InChI is InChI=1S/C13H18IN3O2/c1-9(15)10-4-6-16(7-5-10)11-2-3-13(17(18)19)12(14)8-11/h2-3,8-10H,4-7,15H2,1H3. The fourth-order valence-corrected chi connectivity index (χ4v) is 3.22. The van der Waals surface area contributed by atoms with Crippen LogP contribution in [0.15, 0.2) is 18.2 Å². The molecular formula is C13H18IN3O2. The normalized spacial score (nSPS) is 18.4. The van der Waals surface area contributed by atoms with Crippen LogP contribution in [0.4, 0.5) is 11.4 Å². The first-order valence-electron chi connectivity index (χ1n) is 6.43. The molecule has 0 bridgehead atoms. The van der Waals surface area contributed by atoms with Crippen LogP contribution >= 0.6 is 22.6 Å². The fourth-order valence-electron chi connectivity index (χ4n) is 2.52. The summed E-state index contributed by atoms with van der Waals surface area (Å²) in [6, 6.07) is 5.57. The highest BCUT2D eigenvalue weighted by atomic mass is 127. The Morgan fingerprint density at radius 3 is 2.58 bits per heavy atom. The molecule has 104 valence electrons. The van der Waals surface area contributed by atoms with E-state index in [0.717, 1.165) is 31.6 Å². The van der Waals surface area contributed by atoms with Gasteiger partial charge in [-0.25, -0.2) is 0 Å². The number of halogens is 1. The molecule has 0 aromatic heterocycles. The molecule has 0 radical (unpaired) electrons. The van der Waals surface area contributed by atoms with E-state index >= 15 is 0 Å². The molecule has 1 unspecified atom stereocenters. The van der Waals surface area contributed by atoms with E-state index in [0.29, 0.717) is 9.49 Å². The maximum Gasteiger partial charge on any atom is 0.282 e. The van der Waals surface area contributed by atoms with Crippen LogP contribution in [0.1, 0.15) is 19.8 Å². The minimum atomic E-state index is -0.339. The Labute approximate surface area is 126 Å². The smallest absolute Gasteiger partial charge is 0.282 e. The van der Waals surface area contributed by atoms with Crippen LogP contribution in [-0.4, -0.2) is 24.1 Å². The van der Waals surface area contributed by atoms with Crippen LogP contribution in [0.25, 0.3) is 0 Å². The second kappa shape index (κ2) is 6.04. The van der Waals surface area contributed by atoms with E-state index in [2.05, 4.69) is 11.8 Å². The molecule has 0 amide bonds. The van der Waals surface area contributed by atoms with E-state index in [9.17, 15) is 10.1 Å². The predicted molar refractivity (Wildman–Crippen MR) is 84.4 cm³/mol. The van der Waals surface area contributed by atoms with Gasteiger partial charge in [0.1, 0.15) is 0 Å². The zero-order valence-corrected chi connectivity index (χ0v) is 13.0. The van der Waals surface area contributed by atoms with Crippen molar-refractivity contribution in [1.29, 1.82) is 0 Å². The quantitative estimate of drug-likeness (QED) is 0.501. The van der Waals surface area contributed by atoms with Gasteiger partial charge in [-0.05, 0) is 60.4 Å². The Morgan fingerprint density at radius 1 is 1.47 bits per heavy atom. The lowest BCUT2D eigenvalue weighted by atomic mass is 9.91. The first-order chi connectivity index (χ1) is 8.99. The number of anilines is 1. The molecule has 1 aromatic rings. The van der Waals surface area contributed by atoms with Crippen LogP contribution in [-0.2, 0) is 0 Å². The number of nitro groups is 1. The second-order valence-corrected chi connectivity index (χ2v) is 6.24. The van der Waals surface area contributed by atoms with Crippen molar-refractivity contribution in [3.63, 3.8) is 0 Å². The molecule has 0 saturated carbocycles. The van der Waals surface area contributed by atoms with E-state index < -0.39 is 0 Å². The van der Waals surface area contributed by atoms with Crippen molar-refractivity contribution in [2.45, 2.75) is 25.8 Å². The lowest BCUT2D eigenvalue weighted by Gasteiger charge is -2.35. The number of nitrogens with two attached hydrogens (primary N) is 1. The van der Waals surface area contributed by atoms with Gasteiger partial charge in [0.15, 0.2) is 0 Å². The SMILES string of the molecule is CC(N)C1CCN(c2ccc([N+](=O)[O-])c(I)c2)CC1. The number of nitrogens with zero attached hydrogens (tertiary/aromatic N) is 2. The lowest BCUT2D eigenvalue weighted by Crippen LogP contribution is -2.39. The van der Waals surface area contributed by atoms with Crippen molar-refractivity contribution in [2.24, 2.45) is 11.7 Å². The Kier molecular flexibility index (Phi) is 4.62. The summed E-state index contributed by atoms with van der Waals surface area (Å²) in [6.45, 7) is 4.01. The molecule has 2 N–H and O–H groups in total. The number of hydrogen-bond donors (Lipinski definition) is 1. The summed E-state index contributed by atoms with van der Waals surface area (Å²) in [4.78, 5) is 12.7. The number of nitro benzene ring substituents is 1. The van der Waals surface area contributed by atoms with Crippen molar-refractivity contribution in [1.82, 2.24) is 0 Å². The highest BCUT2D eigenvalue weighted by Gasteiger charge is 2.23. The largest absolute Gasteiger partial charge is 0.371 e. The maximum absolute atomic E-state index is 10.8. The van der Waals surface area contributed by atoms with Crippen molar-refractivity contribution < 1.29 is 4.92 Å². The van der Waals surface area contributed by atoms with Crippen LogP contribution in [0, 0.1) is 19.6 Å². The molecule has 0 aliphatic carbocycles. The van der Waals surface area contributed by atoms with E-state index in [4.69, 9.17) is 5.73 Å². The van der Waals surface area contributed by atoms with E-state index in [1.54, 1.807) is 6.07 Å². The zero-order chi connectivity index (χ0) is 14.0. The van der Waals surface area contributed by atoms with Crippen LogP contribution in [0.5, 0.6) is 0 Å². The third-order valence-corrected chi connectivity index (χ3v) is 4.64. The third kappa shape index (κ3) is 3.36. The number of piperidine rings is 1. The summed E-state index contributed by atoms with van der Waals surface area (Å²) in [5.41, 5.74) is 7.18. The Bertz CT molecular complexity index is 471. The van der Waals surface area contributed by atoms with Gasteiger partial charge in [0.05, 0.1) is 8.49 Å². The average Bonchev–Trinajstić information content (AvgIpc) is 2.38. The highest BCUT2D eigenvalue weighted by Crippen LogP contribution is 2.29. The molecule has 5 nitrogen and oxygen atoms in total. The first kappa shape index (κ1) is 14.5. The van der Waals surface area contributed by atoms with Crippen molar-refractivity contribution in [3.05, 3.63) is 31.9 Å². The number of rotatable bonds is 3. The van der Waals surface area contributed by atoms with Crippen LogP contribution < -0.4 is 10.6 Å². The number of benzene rings is 1. The predicted octanol–water partition coefficient (Wildman–Crippen LogP) is 2.76. The summed E-state index contributed by atoms with van der Waals surface area (Å²) < 4.78 is 0.689. The summed E-state index contributed by atoms with van der Waals surface area (Å²) in [5, 5.41) is 10.8. The summed E-state index contributed by atoms with van der Waals surface area (Å²) >= 11 is 2.02. The lowest BCUT2D eigenvalue weighted by molar-refractivity contribution is -0.385.